The van der Waals surface area contributed by atoms with Crippen LogP contribution in [0.1, 0.15) is 16.8 Å². The molecule has 144 valence electrons. The van der Waals surface area contributed by atoms with Crippen LogP contribution < -0.4 is 5.32 Å². The number of hydrogen-bond donors (Lipinski definition) is 1. The third kappa shape index (κ3) is 4.14. The first kappa shape index (κ1) is 18.7. The first-order valence-corrected chi connectivity index (χ1v) is 9.06. The fraction of sp³-hybridized carbons (Fsp3) is 0.0417. The van der Waals surface area contributed by atoms with Crippen LogP contribution in [0.3, 0.4) is 0 Å². The second kappa shape index (κ2) is 7.80. The number of para-hydroxylation sites is 1. The summed E-state index contributed by atoms with van der Waals surface area (Å²) in [5.74, 6) is -3.99. The van der Waals surface area contributed by atoms with E-state index in [9.17, 15) is 13.2 Å². The number of aryl methyl sites for hydroxylation is 1. The standard InChI is InChI=1S/C24H17F3N2/c1-15-6-8-17(9-7-15)23(29-19-12-20(25)24(27)21(26)13-19)14-18-11-10-16-4-2-3-5-22(16)28-18/h2-14,29H,1H3/b23-14-. The highest BCUT2D eigenvalue weighted by Crippen LogP contribution is 2.25. The number of benzene rings is 3. The zero-order chi connectivity index (χ0) is 20.4. The van der Waals surface area contributed by atoms with Crippen molar-refractivity contribution in [3.8, 4) is 0 Å². The fourth-order valence-corrected chi connectivity index (χ4v) is 3.02. The number of nitrogens with one attached hydrogen (secondary N) is 1. The molecule has 0 aliphatic rings. The number of rotatable bonds is 4. The molecule has 0 aliphatic carbocycles. The van der Waals surface area contributed by atoms with Crippen molar-refractivity contribution in [3.05, 3.63) is 107 Å². The lowest BCUT2D eigenvalue weighted by atomic mass is 10.1. The van der Waals surface area contributed by atoms with E-state index in [-0.39, 0.29) is 5.69 Å². The van der Waals surface area contributed by atoms with Crippen LogP contribution in [0.4, 0.5) is 18.9 Å². The van der Waals surface area contributed by atoms with Gasteiger partial charge in [0.1, 0.15) is 0 Å². The average molecular weight is 390 g/mol. The highest BCUT2D eigenvalue weighted by molar-refractivity contribution is 5.89. The van der Waals surface area contributed by atoms with Crippen molar-refractivity contribution in [1.82, 2.24) is 4.98 Å². The SMILES string of the molecule is Cc1ccc(/C(=C/c2ccc3ccccc3n2)Nc2cc(F)c(F)c(F)c2)cc1. The van der Waals surface area contributed by atoms with Crippen molar-refractivity contribution in [2.75, 3.05) is 5.32 Å². The Hall–Kier alpha value is -3.60. The van der Waals surface area contributed by atoms with Crippen LogP contribution in [0.15, 0.2) is 72.8 Å². The first-order valence-electron chi connectivity index (χ1n) is 9.06. The molecule has 0 spiro atoms. The summed E-state index contributed by atoms with van der Waals surface area (Å²) in [6.07, 6.45) is 1.79. The van der Waals surface area contributed by atoms with Gasteiger partial charge in [-0.1, -0.05) is 54.1 Å². The molecule has 1 N–H and O–H groups in total. The number of fused-ring (bicyclic) bond motifs is 1. The number of anilines is 1. The first-order chi connectivity index (χ1) is 14.0. The maximum Gasteiger partial charge on any atom is 0.194 e. The van der Waals surface area contributed by atoms with Crippen LogP contribution in [-0.4, -0.2) is 4.98 Å². The Morgan fingerprint density at radius 3 is 2.28 bits per heavy atom. The van der Waals surface area contributed by atoms with Crippen LogP contribution in [0.5, 0.6) is 0 Å². The molecule has 0 fully saturated rings. The van der Waals surface area contributed by atoms with Crippen molar-refractivity contribution in [2.24, 2.45) is 0 Å². The Labute approximate surface area is 166 Å². The van der Waals surface area contributed by atoms with Gasteiger partial charge in [-0.25, -0.2) is 18.2 Å². The van der Waals surface area contributed by atoms with Gasteiger partial charge in [-0.2, -0.15) is 0 Å². The van der Waals surface area contributed by atoms with E-state index < -0.39 is 17.5 Å². The molecule has 4 aromatic rings. The van der Waals surface area contributed by atoms with E-state index in [2.05, 4.69) is 10.3 Å². The van der Waals surface area contributed by atoms with E-state index in [4.69, 9.17) is 0 Å². The summed E-state index contributed by atoms with van der Waals surface area (Å²) >= 11 is 0. The number of nitrogens with zero attached hydrogens (tertiary/aromatic N) is 1. The second-order valence-electron chi connectivity index (χ2n) is 6.73. The van der Waals surface area contributed by atoms with Gasteiger partial charge in [0.2, 0.25) is 0 Å². The maximum absolute atomic E-state index is 13.7. The summed E-state index contributed by atoms with van der Waals surface area (Å²) in [5.41, 5.74) is 4.08. The minimum Gasteiger partial charge on any atom is -0.355 e. The number of pyridine rings is 1. The minimum absolute atomic E-state index is 0.106. The maximum atomic E-state index is 13.7. The predicted octanol–water partition coefficient (Wildman–Crippen LogP) is 6.57. The molecule has 1 aromatic heterocycles. The summed E-state index contributed by atoms with van der Waals surface area (Å²) < 4.78 is 40.6. The molecule has 29 heavy (non-hydrogen) atoms. The number of halogens is 3. The summed E-state index contributed by atoms with van der Waals surface area (Å²) in [4.78, 5) is 4.62. The Morgan fingerprint density at radius 1 is 0.862 bits per heavy atom. The lowest BCUT2D eigenvalue weighted by Crippen LogP contribution is -2.02. The third-order valence-corrected chi connectivity index (χ3v) is 4.54. The molecular weight excluding hydrogens is 373 g/mol. The fourth-order valence-electron chi connectivity index (χ4n) is 3.02. The van der Waals surface area contributed by atoms with E-state index in [0.29, 0.717) is 11.4 Å². The second-order valence-corrected chi connectivity index (χ2v) is 6.73. The van der Waals surface area contributed by atoms with Crippen LogP contribution in [0, 0.1) is 24.4 Å². The molecule has 0 amide bonds. The molecule has 0 aliphatic heterocycles. The van der Waals surface area contributed by atoms with E-state index in [1.807, 2.05) is 67.6 Å². The van der Waals surface area contributed by atoms with Gasteiger partial charge in [0.05, 0.1) is 11.2 Å². The molecule has 1 heterocycles. The smallest absolute Gasteiger partial charge is 0.194 e. The Morgan fingerprint density at radius 2 is 1.55 bits per heavy atom. The van der Waals surface area contributed by atoms with Gasteiger partial charge in [-0.05, 0) is 30.7 Å². The van der Waals surface area contributed by atoms with Gasteiger partial charge < -0.3 is 5.32 Å². The van der Waals surface area contributed by atoms with E-state index >= 15 is 0 Å². The van der Waals surface area contributed by atoms with Gasteiger partial charge in [0, 0.05) is 28.9 Å². The minimum atomic E-state index is -1.49. The molecule has 0 atom stereocenters. The largest absolute Gasteiger partial charge is 0.355 e. The molecule has 4 rings (SSSR count). The van der Waals surface area contributed by atoms with Crippen LogP contribution in [0.2, 0.25) is 0 Å². The molecule has 5 heteroatoms. The Balaban J connectivity index is 1.79. The van der Waals surface area contributed by atoms with Crippen molar-refractivity contribution in [1.29, 1.82) is 0 Å². The van der Waals surface area contributed by atoms with E-state index in [1.165, 1.54) is 0 Å². The topological polar surface area (TPSA) is 24.9 Å². The van der Waals surface area contributed by atoms with Crippen LogP contribution >= 0.6 is 0 Å². The normalized spacial score (nSPS) is 11.7. The summed E-state index contributed by atoms with van der Waals surface area (Å²) in [7, 11) is 0. The van der Waals surface area contributed by atoms with Gasteiger partial charge >= 0.3 is 0 Å². The van der Waals surface area contributed by atoms with E-state index in [0.717, 1.165) is 34.2 Å². The Kier molecular flexibility index (Phi) is 5.04. The lowest BCUT2D eigenvalue weighted by molar-refractivity contribution is 0.448. The number of hydrogen-bond acceptors (Lipinski definition) is 2. The molecule has 0 saturated heterocycles. The number of aromatic nitrogens is 1. The van der Waals surface area contributed by atoms with Gasteiger partial charge in [-0.3, -0.25) is 0 Å². The predicted molar refractivity (Wildman–Crippen MR) is 111 cm³/mol. The van der Waals surface area contributed by atoms with Crippen LogP contribution in [0.25, 0.3) is 22.7 Å². The molecule has 0 saturated carbocycles. The molecule has 0 unspecified atom stereocenters. The zero-order valence-electron chi connectivity index (χ0n) is 15.6. The molecule has 2 nitrogen and oxygen atoms in total. The van der Waals surface area contributed by atoms with Gasteiger partial charge in [-0.15, -0.1) is 0 Å². The summed E-state index contributed by atoms with van der Waals surface area (Å²) in [6, 6.07) is 21.1. The summed E-state index contributed by atoms with van der Waals surface area (Å²) in [5, 5.41) is 4.01. The monoisotopic (exact) mass is 390 g/mol. The molecule has 0 radical (unpaired) electrons. The molecular formula is C24H17F3N2. The van der Waals surface area contributed by atoms with Crippen LogP contribution in [-0.2, 0) is 0 Å². The van der Waals surface area contributed by atoms with Crippen molar-refractivity contribution < 1.29 is 13.2 Å². The summed E-state index contributed by atoms with van der Waals surface area (Å²) in [6.45, 7) is 1.97. The molecule has 3 aromatic carbocycles. The quantitative estimate of drug-likeness (QED) is 0.399. The average Bonchev–Trinajstić information content (AvgIpc) is 2.72. The van der Waals surface area contributed by atoms with Gasteiger partial charge in [0.25, 0.3) is 0 Å². The van der Waals surface area contributed by atoms with Gasteiger partial charge in [0.15, 0.2) is 17.5 Å². The van der Waals surface area contributed by atoms with Crippen molar-refractivity contribution >= 4 is 28.4 Å². The third-order valence-electron chi connectivity index (χ3n) is 4.54. The van der Waals surface area contributed by atoms with E-state index in [1.54, 1.807) is 6.08 Å². The Bertz CT molecular complexity index is 1190. The highest BCUT2D eigenvalue weighted by atomic mass is 19.2. The molecule has 0 bridgehead atoms. The zero-order valence-corrected chi connectivity index (χ0v) is 15.6. The van der Waals surface area contributed by atoms with Crippen molar-refractivity contribution in [3.63, 3.8) is 0 Å². The highest BCUT2D eigenvalue weighted by Gasteiger charge is 2.12. The van der Waals surface area contributed by atoms with Crippen molar-refractivity contribution in [2.45, 2.75) is 6.92 Å². The lowest BCUT2D eigenvalue weighted by Gasteiger charge is -2.13.